The molecule has 1 atom stereocenters. The van der Waals surface area contributed by atoms with Crippen LogP contribution in [0.15, 0.2) is 17.2 Å². The van der Waals surface area contributed by atoms with Crippen LogP contribution < -0.4 is 10.0 Å². The van der Waals surface area contributed by atoms with Gasteiger partial charge in [-0.1, -0.05) is 11.6 Å². The predicted molar refractivity (Wildman–Crippen MR) is 81.2 cm³/mol. The molecule has 1 saturated heterocycles. The van der Waals surface area contributed by atoms with Gasteiger partial charge < -0.3 is 15.0 Å². The fraction of sp³-hybridized carbons (Fsp3) is 0.583. The quantitative estimate of drug-likeness (QED) is 0.810. The molecule has 0 aliphatic carbocycles. The van der Waals surface area contributed by atoms with E-state index in [-0.39, 0.29) is 22.6 Å². The summed E-state index contributed by atoms with van der Waals surface area (Å²) in [7, 11) is -0.00725. The largest absolute Gasteiger partial charge is 0.374 e. The number of hydrogen-bond acceptors (Lipinski definition) is 6. The Morgan fingerprint density at radius 1 is 1.57 bits per heavy atom. The number of rotatable bonds is 5. The first kappa shape index (κ1) is 16.4. The van der Waals surface area contributed by atoms with Crippen molar-refractivity contribution in [2.75, 3.05) is 45.7 Å². The van der Waals surface area contributed by atoms with Crippen LogP contribution in [0.25, 0.3) is 0 Å². The highest BCUT2D eigenvalue weighted by molar-refractivity contribution is 7.89. The van der Waals surface area contributed by atoms with Crippen molar-refractivity contribution in [1.82, 2.24) is 14.6 Å². The Kier molecular flexibility index (Phi) is 5.39. The first-order chi connectivity index (χ1) is 9.92. The van der Waals surface area contributed by atoms with Crippen molar-refractivity contribution < 1.29 is 13.2 Å². The van der Waals surface area contributed by atoms with Crippen LogP contribution in [0.5, 0.6) is 0 Å². The molecule has 0 bridgehead atoms. The van der Waals surface area contributed by atoms with E-state index in [4.69, 9.17) is 16.3 Å². The molecule has 2 heterocycles. The van der Waals surface area contributed by atoms with Crippen LogP contribution in [-0.2, 0) is 14.8 Å². The Hall–Kier alpha value is -0.930. The van der Waals surface area contributed by atoms with Crippen LogP contribution in [0.2, 0.25) is 5.02 Å². The maximum Gasteiger partial charge on any atom is 0.242 e. The molecule has 0 spiro atoms. The molecule has 21 heavy (non-hydrogen) atoms. The zero-order valence-electron chi connectivity index (χ0n) is 12.0. The van der Waals surface area contributed by atoms with Gasteiger partial charge in [-0.25, -0.2) is 18.1 Å². The number of morpholine rings is 1. The van der Waals surface area contributed by atoms with Gasteiger partial charge in [-0.2, -0.15) is 0 Å². The Morgan fingerprint density at radius 2 is 2.33 bits per heavy atom. The molecule has 0 amide bonds. The van der Waals surface area contributed by atoms with Crippen molar-refractivity contribution in [2.45, 2.75) is 11.0 Å². The highest BCUT2D eigenvalue weighted by Crippen LogP contribution is 2.21. The minimum Gasteiger partial charge on any atom is -0.374 e. The minimum absolute atomic E-state index is 0.0377. The summed E-state index contributed by atoms with van der Waals surface area (Å²) in [5.74, 6) is 0.438. The molecule has 1 fully saturated rings. The normalized spacial score (nSPS) is 20.4. The van der Waals surface area contributed by atoms with Crippen molar-refractivity contribution in [1.29, 1.82) is 0 Å². The van der Waals surface area contributed by atoms with Crippen molar-refractivity contribution in [3.8, 4) is 0 Å². The average Bonchev–Trinajstić information content (AvgIpc) is 2.45. The Bertz CT molecular complexity index is 596. The van der Waals surface area contributed by atoms with Crippen molar-refractivity contribution >= 4 is 27.4 Å². The fourth-order valence-electron chi connectivity index (χ4n) is 2.03. The third-order valence-corrected chi connectivity index (χ3v) is 4.88. The molecule has 2 N–H and O–H groups in total. The van der Waals surface area contributed by atoms with Crippen LogP contribution >= 0.6 is 11.6 Å². The van der Waals surface area contributed by atoms with Gasteiger partial charge in [0.15, 0.2) is 0 Å². The van der Waals surface area contributed by atoms with E-state index >= 15 is 0 Å². The third-order valence-electron chi connectivity index (χ3n) is 3.21. The predicted octanol–water partition coefficient (Wildman–Crippen LogP) is 0.386. The average molecular weight is 335 g/mol. The Morgan fingerprint density at radius 3 is 2.95 bits per heavy atom. The monoisotopic (exact) mass is 334 g/mol. The van der Waals surface area contributed by atoms with Gasteiger partial charge in [0, 0.05) is 32.9 Å². The maximum atomic E-state index is 12.2. The summed E-state index contributed by atoms with van der Waals surface area (Å²) in [5, 5.41) is 3.04. The first-order valence-electron chi connectivity index (χ1n) is 6.55. The number of ether oxygens (including phenoxy) is 1. The second-order valence-corrected chi connectivity index (χ2v) is 7.03. The van der Waals surface area contributed by atoms with Gasteiger partial charge in [0.25, 0.3) is 0 Å². The van der Waals surface area contributed by atoms with E-state index in [1.54, 1.807) is 7.05 Å². The van der Waals surface area contributed by atoms with Crippen LogP contribution in [0.1, 0.15) is 0 Å². The maximum absolute atomic E-state index is 12.2. The van der Waals surface area contributed by atoms with E-state index in [0.717, 1.165) is 6.54 Å². The van der Waals surface area contributed by atoms with E-state index in [1.807, 2.05) is 7.05 Å². The Balaban J connectivity index is 2.02. The molecule has 7 nitrogen and oxygen atoms in total. The molecule has 1 aliphatic heterocycles. The Labute approximate surface area is 129 Å². The molecule has 0 radical (unpaired) electrons. The molecule has 2 rings (SSSR count). The summed E-state index contributed by atoms with van der Waals surface area (Å²) in [6.07, 6.45) is 1.12. The zero-order chi connectivity index (χ0) is 15.5. The van der Waals surface area contributed by atoms with E-state index < -0.39 is 10.0 Å². The van der Waals surface area contributed by atoms with Crippen molar-refractivity contribution in [2.24, 2.45) is 0 Å². The van der Waals surface area contributed by atoms with Crippen LogP contribution in [0.4, 0.5) is 5.82 Å². The van der Waals surface area contributed by atoms with Crippen molar-refractivity contribution in [3.63, 3.8) is 0 Å². The number of aromatic nitrogens is 1. The van der Waals surface area contributed by atoms with E-state index in [1.165, 1.54) is 12.3 Å². The number of hydrogen-bond donors (Lipinski definition) is 2. The second-order valence-electron chi connectivity index (χ2n) is 4.86. The molecule has 9 heteroatoms. The molecule has 0 saturated carbocycles. The SMILES string of the molecule is CNc1ncc(S(=O)(=O)NCC2CN(C)CCO2)cc1Cl. The lowest BCUT2D eigenvalue weighted by Crippen LogP contribution is -2.45. The van der Waals surface area contributed by atoms with Gasteiger partial charge in [-0.05, 0) is 13.1 Å². The molecule has 1 aromatic heterocycles. The number of likely N-dealkylation sites (N-methyl/N-ethyl adjacent to an activating group) is 1. The number of nitrogens with one attached hydrogen (secondary N) is 2. The number of pyridine rings is 1. The summed E-state index contributed by atoms with van der Waals surface area (Å²) < 4.78 is 32.5. The zero-order valence-corrected chi connectivity index (χ0v) is 13.5. The molecule has 1 aromatic rings. The lowest BCUT2D eigenvalue weighted by Gasteiger charge is -2.30. The van der Waals surface area contributed by atoms with Gasteiger partial charge in [-0.3, -0.25) is 0 Å². The van der Waals surface area contributed by atoms with E-state index in [9.17, 15) is 8.42 Å². The number of anilines is 1. The molecule has 0 aromatic carbocycles. The highest BCUT2D eigenvalue weighted by atomic mass is 35.5. The van der Waals surface area contributed by atoms with Gasteiger partial charge in [-0.15, -0.1) is 0 Å². The third kappa shape index (κ3) is 4.27. The van der Waals surface area contributed by atoms with Crippen LogP contribution in [0.3, 0.4) is 0 Å². The smallest absolute Gasteiger partial charge is 0.242 e. The molecule has 118 valence electrons. The molecule has 1 unspecified atom stereocenters. The minimum atomic E-state index is -3.65. The van der Waals surface area contributed by atoms with E-state index in [0.29, 0.717) is 19.0 Å². The first-order valence-corrected chi connectivity index (χ1v) is 8.41. The summed E-state index contributed by atoms with van der Waals surface area (Å²) >= 11 is 5.95. The fourth-order valence-corrected chi connectivity index (χ4v) is 3.39. The topological polar surface area (TPSA) is 83.6 Å². The highest BCUT2D eigenvalue weighted by Gasteiger charge is 2.22. The van der Waals surface area contributed by atoms with Gasteiger partial charge in [0.1, 0.15) is 10.7 Å². The van der Waals surface area contributed by atoms with E-state index in [2.05, 4.69) is 19.9 Å². The van der Waals surface area contributed by atoms with Crippen molar-refractivity contribution in [3.05, 3.63) is 17.3 Å². The standard InChI is InChI=1S/C12H19ClN4O3S/c1-14-12-11(13)5-10(7-15-12)21(18,19)16-6-9-8-17(2)3-4-20-9/h5,7,9,16H,3-4,6,8H2,1-2H3,(H,14,15). The van der Waals surface area contributed by atoms with Gasteiger partial charge >= 0.3 is 0 Å². The summed E-state index contributed by atoms with van der Waals surface area (Å²) in [4.78, 5) is 6.11. The summed E-state index contributed by atoms with van der Waals surface area (Å²) in [5.41, 5.74) is 0. The molecular formula is C12H19ClN4O3S. The number of halogens is 1. The summed E-state index contributed by atoms with van der Waals surface area (Å²) in [6.45, 7) is 2.37. The molecule has 1 aliphatic rings. The van der Waals surface area contributed by atoms with Crippen LogP contribution in [-0.4, -0.2) is 64.7 Å². The van der Waals surface area contributed by atoms with Crippen LogP contribution in [0, 0.1) is 0 Å². The van der Waals surface area contributed by atoms with Gasteiger partial charge in [0.2, 0.25) is 10.0 Å². The van der Waals surface area contributed by atoms with Gasteiger partial charge in [0.05, 0.1) is 17.7 Å². The summed E-state index contributed by atoms with van der Waals surface area (Å²) in [6, 6.07) is 1.37. The lowest BCUT2D eigenvalue weighted by atomic mass is 10.3. The number of sulfonamides is 1. The number of nitrogens with zero attached hydrogens (tertiary/aromatic N) is 2. The molecular weight excluding hydrogens is 316 g/mol. The second kappa shape index (κ2) is 6.89. The lowest BCUT2D eigenvalue weighted by molar-refractivity contribution is -0.0156.